The molecule has 7 nitrogen and oxygen atoms in total. The summed E-state index contributed by atoms with van der Waals surface area (Å²) in [5, 5.41) is 7.05. The summed E-state index contributed by atoms with van der Waals surface area (Å²) in [5.41, 5.74) is 9.57. The normalized spacial score (nSPS) is 11.0. The lowest BCUT2D eigenvalue weighted by Crippen LogP contribution is -2.15. The molecule has 4 aromatic rings. The maximum absolute atomic E-state index is 13.3. The van der Waals surface area contributed by atoms with E-state index in [4.69, 9.17) is 5.73 Å². The second-order valence-corrected chi connectivity index (χ2v) is 6.55. The van der Waals surface area contributed by atoms with Crippen LogP contribution in [-0.2, 0) is 11.2 Å². The number of hydrogen-bond acceptors (Lipinski definition) is 5. The van der Waals surface area contributed by atoms with E-state index in [2.05, 4.69) is 20.4 Å². The van der Waals surface area contributed by atoms with Crippen molar-refractivity contribution in [2.45, 2.75) is 13.3 Å². The molecule has 0 spiro atoms. The fraction of sp³-hybridized carbons (Fsp3) is 0.100. The Labute approximate surface area is 164 Å². The van der Waals surface area contributed by atoms with Crippen LogP contribution < -0.4 is 11.1 Å². The van der Waals surface area contributed by atoms with Crippen LogP contribution in [0.4, 0.5) is 20.3 Å². The second-order valence-electron chi connectivity index (χ2n) is 6.55. The number of hydrogen-bond donors (Lipinski definition) is 2. The number of amides is 1. The fourth-order valence-corrected chi connectivity index (χ4v) is 3.15. The number of rotatable bonds is 4. The van der Waals surface area contributed by atoms with Crippen LogP contribution in [0.3, 0.4) is 0 Å². The molecule has 2 aromatic heterocycles. The third kappa shape index (κ3) is 3.75. The van der Waals surface area contributed by atoms with Crippen molar-refractivity contribution >= 4 is 28.4 Å². The minimum atomic E-state index is -0.720. The van der Waals surface area contributed by atoms with Gasteiger partial charge in [0.2, 0.25) is 5.91 Å². The predicted molar refractivity (Wildman–Crippen MR) is 105 cm³/mol. The van der Waals surface area contributed by atoms with Crippen LogP contribution in [0.15, 0.2) is 48.9 Å². The summed E-state index contributed by atoms with van der Waals surface area (Å²) in [5.74, 6) is -1.51. The molecule has 0 aliphatic rings. The number of nitrogens with one attached hydrogen (secondary N) is 1. The molecule has 0 aliphatic carbocycles. The lowest BCUT2D eigenvalue weighted by Gasteiger charge is -2.11. The van der Waals surface area contributed by atoms with Gasteiger partial charge in [0.25, 0.3) is 0 Å². The van der Waals surface area contributed by atoms with Crippen LogP contribution in [0.25, 0.3) is 16.7 Å². The molecule has 146 valence electrons. The Kier molecular flexibility index (Phi) is 4.63. The summed E-state index contributed by atoms with van der Waals surface area (Å²) >= 11 is 0. The first-order valence-electron chi connectivity index (χ1n) is 8.71. The van der Waals surface area contributed by atoms with Crippen molar-refractivity contribution in [1.29, 1.82) is 0 Å². The molecular formula is C20H16F2N6O. The van der Waals surface area contributed by atoms with E-state index in [1.54, 1.807) is 29.1 Å². The average Bonchev–Trinajstić information content (AvgIpc) is 3.06. The Balaban J connectivity index is 1.56. The summed E-state index contributed by atoms with van der Waals surface area (Å²) in [7, 11) is 0. The summed E-state index contributed by atoms with van der Waals surface area (Å²) in [4.78, 5) is 20.4. The van der Waals surface area contributed by atoms with Crippen LogP contribution in [0.2, 0.25) is 0 Å². The molecule has 1 amide bonds. The van der Waals surface area contributed by atoms with Crippen LogP contribution in [0.5, 0.6) is 0 Å². The van der Waals surface area contributed by atoms with Gasteiger partial charge < -0.3 is 11.1 Å². The van der Waals surface area contributed by atoms with E-state index in [1.165, 1.54) is 6.33 Å². The third-order valence-corrected chi connectivity index (χ3v) is 4.38. The lowest BCUT2D eigenvalue weighted by molar-refractivity contribution is -0.115. The van der Waals surface area contributed by atoms with Gasteiger partial charge in [-0.25, -0.2) is 23.4 Å². The fourth-order valence-electron chi connectivity index (χ4n) is 3.15. The van der Waals surface area contributed by atoms with Gasteiger partial charge in [0.05, 0.1) is 18.3 Å². The first-order chi connectivity index (χ1) is 13.9. The molecule has 0 fully saturated rings. The Morgan fingerprint density at radius 1 is 1.14 bits per heavy atom. The molecular weight excluding hydrogens is 378 g/mol. The highest BCUT2D eigenvalue weighted by Crippen LogP contribution is 2.24. The molecule has 0 unspecified atom stereocenters. The quantitative estimate of drug-likeness (QED) is 0.554. The molecule has 4 rings (SSSR count). The molecule has 29 heavy (non-hydrogen) atoms. The van der Waals surface area contributed by atoms with Crippen molar-refractivity contribution < 1.29 is 13.6 Å². The molecule has 0 aliphatic heterocycles. The van der Waals surface area contributed by atoms with Gasteiger partial charge in [-0.05, 0) is 48.4 Å². The molecule has 0 atom stereocenters. The summed E-state index contributed by atoms with van der Waals surface area (Å²) < 4.78 is 28.2. The number of fused-ring (bicyclic) bond motifs is 1. The summed E-state index contributed by atoms with van der Waals surface area (Å²) in [6.45, 7) is 1.86. The second kappa shape index (κ2) is 7.27. The summed E-state index contributed by atoms with van der Waals surface area (Å²) in [6, 6.07) is 8.29. The highest BCUT2D eigenvalue weighted by atomic mass is 19.1. The number of halogens is 2. The zero-order valence-electron chi connectivity index (χ0n) is 15.4. The van der Waals surface area contributed by atoms with E-state index in [0.29, 0.717) is 22.5 Å². The number of aryl methyl sites for hydroxylation is 1. The first-order valence-corrected chi connectivity index (χ1v) is 8.71. The molecule has 2 aromatic carbocycles. The Morgan fingerprint density at radius 2 is 1.90 bits per heavy atom. The molecule has 3 N–H and O–H groups in total. The van der Waals surface area contributed by atoms with E-state index in [-0.39, 0.29) is 17.9 Å². The van der Waals surface area contributed by atoms with Crippen molar-refractivity contribution in [2.75, 3.05) is 11.1 Å². The van der Waals surface area contributed by atoms with Crippen LogP contribution in [0.1, 0.15) is 11.1 Å². The van der Waals surface area contributed by atoms with Gasteiger partial charge in [0, 0.05) is 11.8 Å². The number of carbonyl (C=O) groups is 1. The highest BCUT2D eigenvalue weighted by molar-refractivity contribution is 5.92. The van der Waals surface area contributed by atoms with Crippen LogP contribution in [0, 0.1) is 18.6 Å². The Morgan fingerprint density at radius 3 is 2.62 bits per heavy atom. The number of aromatic nitrogens is 4. The minimum absolute atomic E-state index is 0.146. The number of nitrogens with zero attached hydrogens (tertiary/aromatic N) is 4. The highest BCUT2D eigenvalue weighted by Gasteiger charge is 2.13. The maximum Gasteiger partial charge on any atom is 0.228 e. The zero-order chi connectivity index (χ0) is 20.5. The van der Waals surface area contributed by atoms with E-state index in [1.807, 2.05) is 6.92 Å². The van der Waals surface area contributed by atoms with Crippen molar-refractivity contribution in [1.82, 2.24) is 19.7 Å². The number of nitrogens with two attached hydrogens (primary N) is 1. The molecule has 2 heterocycles. The molecule has 9 heteroatoms. The van der Waals surface area contributed by atoms with Gasteiger partial charge >= 0.3 is 0 Å². The smallest absolute Gasteiger partial charge is 0.228 e. The summed E-state index contributed by atoms with van der Waals surface area (Å²) in [6.07, 6.45) is 2.83. The van der Waals surface area contributed by atoms with Crippen LogP contribution >= 0.6 is 0 Å². The number of carbonyl (C=O) groups excluding carboxylic acids is 1. The zero-order valence-corrected chi connectivity index (χ0v) is 15.4. The van der Waals surface area contributed by atoms with Gasteiger partial charge in [0.1, 0.15) is 29.0 Å². The first kappa shape index (κ1) is 18.5. The van der Waals surface area contributed by atoms with Crippen molar-refractivity contribution in [3.8, 4) is 5.69 Å². The third-order valence-electron chi connectivity index (χ3n) is 4.38. The standard InChI is InChI=1S/C20H16F2N6O/c1-11-4-15(27-18(29)7-12-5-13(21)8-14(22)6-12)2-3-17(11)28-19-16(9-26-28)24-10-25-20(19)23/h2-6,8-10H,7H2,1H3,(H,27,29)(H2,23,24,25). The van der Waals surface area contributed by atoms with E-state index in [0.717, 1.165) is 29.4 Å². The number of nitrogen functional groups attached to an aromatic ring is 1. The van der Waals surface area contributed by atoms with Gasteiger partial charge in [0.15, 0.2) is 5.82 Å². The number of anilines is 2. The average molecular weight is 394 g/mol. The maximum atomic E-state index is 13.3. The molecule has 0 saturated carbocycles. The minimum Gasteiger partial charge on any atom is -0.382 e. The monoisotopic (exact) mass is 394 g/mol. The Bertz CT molecular complexity index is 1220. The molecule has 0 radical (unpaired) electrons. The van der Waals surface area contributed by atoms with Gasteiger partial charge in [-0.2, -0.15) is 5.10 Å². The van der Waals surface area contributed by atoms with Gasteiger partial charge in [-0.15, -0.1) is 0 Å². The topological polar surface area (TPSA) is 98.7 Å². The van der Waals surface area contributed by atoms with Crippen molar-refractivity contribution in [3.05, 3.63) is 71.7 Å². The molecule has 0 saturated heterocycles. The van der Waals surface area contributed by atoms with Crippen LogP contribution in [-0.4, -0.2) is 25.7 Å². The predicted octanol–water partition coefficient (Wildman–Crippen LogP) is 3.17. The Hall–Kier alpha value is -3.88. The number of benzene rings is 2. The van der Waals surface area contributed by atoms with E-state index < -0.39 is 11.6 Å². The molecule has 0 bridgehead atoms. The van der Waals surface area contributed by atoms with E-state index in [9.17, 15) is 13.6 Å². The van der Waals surface area contributed by atoms with E-state index >= 15 is 0 Å². The largest absolute Gasteiger partial charge is 0.382 e. The van der Waals surface area contributed by atoms with Gasteiger partial charge in [-0.3, -0.25) is 4.79 Å². The SMILES string of the molecule is Cc1cc(NC(=O)Cc2cc(F)cc(F)c2)ccc1-n1ncc2ncnc(N)c21. The van der Waals surface area contributed by atoms with Gasteiger partial charge in [-0.1, -0.05) is 0 Å². The lowest BCUT2D eigenvalue weighted by atomic mass is 10.1. The van der Waals surface area contributed by atoms with Crippen molar-refractivity contribution in [2.24, 2.45) is 0 Å². The van der Waals surface area contributed by atoms with Crippen molar-refractivity contribution in [3.63, 3.8) is 0 Å².